The Morgan fingerprint density at radius 1 is 1.71 bits per heavy atom. The van der Waals surface area contributed by atoms with E-state index in [0.717, 1.165) is 18.6 Å². The predicted molar refractivity (Wildman–Crippen MR) is 30.9 cm³/mol. The minimum absolute atomic E-state index is 0.159. The van der Waals surface area contributed by atoms with Crippen LogP contribution in [0.4, 0.5) is 0 Å². The molecular formula is C5H8OS. The molecule has 0 saturated carbocycles. The molecule has 2 radical (unpaired) electrons. The molecule has 0 bridgehead atoms. The van der Waals surface area contributed by atoms with Crippen molar-refractivity contribution in [1.82, 2.24) is 0 Å². The lowest BCUT2D eigenvalue weighted by Gasteiger charge is -2.13. The van der Waals surface area contributed by atoms with E-state index in [-0.39, 0.29) is 5.44 Å². The number of hydrogen-bond acceptors (Lipinski definition) is 2. The molecule has 1 heterocycles. The summed E-state index contributed by atoms with van der Waals surface area (Å²) in [4.78, 5) is 0. The van der Waals surface area contributed by atoms with E-state index in [9.17, 15) is 0 Å². The van der Waals surface area contributed by atoms with Gasteiger partial charge in [-0.25, -0.2) is 0 Å². The first-order valence-corrected chi connectivity index (χ1v) is 3.45. The summed E-state index contributed by atoms with van der Waals surface area (Å²) in [5, 5.41) is 8.81. The van der Waals surface area contributed by atoms with Gasteiger partial charge in [0, 0.05) is 0 Å². The summed E-state index contributed by atoms with van der Waals surface area (Å²) in [7, 11) is 0. The highest BCUT2D eigenvalue weighted by Crippen LogP contribution is 2.21. The van der Waals surface area contributed by atoms with E-state index in [4.69, 9.17) is 5.11 Å². The fourth-order valence-electron chi connectivity index (χ4n) is 0.552. The maximum absolute atomic E-state index is 8.81. The molecule has 1 rings (SSSR count). The normalized spacial score (nSPS) is 33.0. The molecular weight excluding hydrogens is 108 g/mol. The smallest absolute Gasteiger partial charge is 0.0998 e. The zero-order valence-electron chi connectivity index (χ0n) is 4.05. The average Bonchev–Trinajstić information content (AvgIpc) is 1.69. The van der Waals surface area contributed by atoms with Crippen molar-refractivity contribution in [3.8, 4) is 0 Å². The largest absolute Gasteiger partial charge is 0.382 e. The molecule has 0 aromatic carbocycles. The van der Waals surface area contributed by atoms with Crippen molar-refractivity contribution in [2.24, 2.45) is 0 Å². The van der Waals surface area contributed by atoms with Crippen molar-refractivity contribution >= 4 is 11.8 Å². The van der Waals surface area contributed by atoms with Crippen LogP contribution < -0.4 is 0 Å². The highest BCUT2D eigenvalue weighted by molar-refractivity contribution is 7.99. The number of thioether (sulfide) groups is 1. The molecule has 0 amide bonds. The lowest BCUT2D eigenvalue weighted by Crippen LogP contribution is -2.07. The second-order valence-electron chi connectivity index (χ2n) is 1.53. The fraction of sp³-hybridized carbons (Fsp3) is 0.800. The van der Waals surface area contributed by atoms with Crippen LogP contribution in [-0.2, 0) is 0 Å². The molecule has 1 fully saturated rings. The molecule has 1 aliphatic rings. The van der Waals surface area contributed by atoms with Crippen LogP contribution in [0.25, 0.3) is 0 Å². The van der Waals surface area contributed by atoms with Crippen molar-refractivity contribution in [2.75, 3.05) is 5.75 Å². The van der Waals surface area contributed by atoms with Crippen LogP contribution in [0, 0.1) is 6.42 Å². The van der Waals surface area contributed by atoms with E-state index >= 15 is 0 Å². The quantitative estimate of drug-likeness (QED) is 0.507. The Bertz CT molecular complexity index is 50.0. The topological polar surface area (TPSA) is 20.2 Å². The SMILES string of the molecule is OC1C[C]CCS1. The van der Waals surface area contributed by atoms with Gasteiger partial charge in [0.1, 0.15) is 0 Å². The van der Waals surface area contributed by atoms with Gasteiger partial charge in [0.25, 0.3) is 0 Å². The van der Waals surface area contributed by atoms with Gasteiger partial charge in [-0.2, -0.15) is 0 Å². The molecule has 1 unspecified atom stereocenters. The highest BCUT2D eigenvalue weighted by Gasteiger charge is 2.08. The second-order valence-corrected chi connectivity index (χ2v) is 2.82. The summed E-state index contributed by atoms with van der Waals surface area (Å²) in [5.74, 6) is 1.04. The first-order valence-electron chi connectivity index (χ1n) is 2.40. The van der Waals surface area contributed by atoms with Gasteiger partial charge in [0.05, 0.1) is 5.44 Å². The van der Waals surface area contributed by atoms with Crippen molar-refractivity contribution in [2.45, 2.75) is 18.3 Å². The Morgan fingerprint density at radius 3 is 2.86 bits per heavy atom. The summed E-state index contributed by atoms with van der Waals surface area (Å²) in [5.41, 5.74) is -0.159. The molecule has 1 N–H and O–H groups in total. The van der Waals surface area contributed by atoms with E-state index in [0.29, 0.717) is 0 Å². The molecule has 0 aromatic rings. The Morgan fingerprint density at radius 2 is 2.57 bits per heavy atom. The third-order valence-electron chi connectivity index (χ3n) is 0.908. The van der Waals surface area contributed by atoms with Gasteiger partial charge in [-0.15, -0.1) is 11.8 Å². The molecule has 40 valence electrons. The predicted octanol–water partition coefficient (Wildman–Crippen LogP) is 0.913. The monoisotopic (exact) mass is 116 g/mol. The summed E-state index contributed by atoms with van der Waals surface area (Å²) in [6.07, 6.45) is 4.86. The van der Waals surface area contributed by atoms with Gasteiger partial charge >= 0.3 is 0 Å². The molecule has 1 saturated heterocycles. The fourth-order valence-corrected chi connectivity index (χ4v) is 1.32. The average molecular weight is 116 g/mol. The summed E-state index contributed by atoms with van der Waals surface area (Å²) in [6, 6.07) is 0. The summed E-state index contributed by atoms with van der Waals surface area (Å²) >= 11 is 1.61. The minimum atomic E-state index is -0.159. The Labute approximate surface area is 48.1 Å². The zero-order chi connectivity index (χ0) is 5.11. The van der Waals surface area contributed by atoms with Crippen LogP contribution in [0.3, 0.4) is 0 Å². The molecule has 2 heteroatoms. The lowest BCUT2D eigenvalue weighted by atomic mass is 10.2. The van der Waals surface area contributed by atoms with Gasteiger partial charge < -0.3 is 5.11 Å². The third kappa shape index (κ3) is 1.70. The van der Waals surface area contributed by atoms with Gasteiger partial charge in [-0.1, -0.05) is 0 Å². The number of rotatable bonds is 0. The van der Waals surface area contributed by atoms with E-state index in [1.54, 1.807) is 11.8 Å². The lowest BCUT2D eigenvalue weighted by molar-refractivity contribution is 0.258. The maximum Gasteiger partial charge on any atom is 0.0998 e. The van der Waals surface area contributed by atoms with Crippen LogP contribution in [0.15, 0.2) is 0 Å². The molecule has 0 aromatic heterocycles. The third-order valence-corrected chi connectivity index (χ3v) is 1.90. The summed E-state index contributed by atoms with van der Waals surface area (Å²) < 4.78 is 0. The van der Waals surface area contributed by atoms with Crippen LogP contribution in [-0.4, -0.2) is 16.3 Å². The number of aliphatic hydroxyl groups is 1. The Kier molecular flexibility index (Phi) is 2.00. The van der Waals surface area contributed by atoms with E-state index < -0.39 is 0 Å². The molecule has 1 aliphatic heterocycles. The van der Waals surface area contributed by atoms with Gasteiger partial charge in [-0.3, -0.25) is 0 Å². The summed E-state index contributed by atoms with van der Waals surface area (Å²) in [6.45, 7) is 0. The van der Waals surface area contributed by atoms with Crippen molar-refractivity contribution in [3.63, 3.8) is 0 Å². The van der Waals surface area contributed by atoms with Gasteiger partial charge in [-0.05, 0) is 25.0 Å². The zero-order valence-corrected chi connectivity index (χ0v) is 4.87. The van der Waals surface area contributed by atoms with Crippen LogP contribution in [0.5, 0.6) is 0 Å². The van der Waals surface area contributed by atoms with E-state index in [1.807, 2.05) is 0 Å². The Hall–Kier alpha value is 0.310. The Balaban J connectivity index is 2.12. The standard InChI is InChI=1S/C5H8OS/c6-5-3-1-2-4-7-5/h5-6H,2-4H2. The number of hydrogen-bond donors (Lipinski definition) is 1. The van der Waals surface area contributed by atoms with E-state index in [2.05, 4.69) is 6.42 Å². The molecule has 0 aliphatic carbocycles. The molecule has 1 nitrogen and oxygen atoms in total. The first-order chi connectivity index (χ1) is 3.39. The molecule has 7 heavy (non-hydrogen) atoms. The van der Waals surface area contributed by atoms with Gasteiger partial charge in [0.15, 0.2) is 0 Å². The second kappa shape index (κ2) is 2.58. The van der Waals surface area contributed by atoms with Crippen LogP contribution in [0.1, 0.15) is 12.8 Å². The van der Waals surface area contributed by atoms with E-state index in [1.165, 1.54) is 0 Å². The number of aliphatic hydroxyl groups excluding tert-OH is 1. The molecule has 1 atom stereocenters. The van der Waals surface area contributed by atoms with Crippen LogP contribution >= 0.6 is 11.8 Å². The molecule has 0 spiro atoms. The minimum Gasteiger partial charge on any atom is -0.382 e. The maximum atomic E-state index is 8.81. The first kappa shape index (κ1) is 5.45. The van der Waals surface area contributed by atoms with Crippen molar-refractivity contribution in [1.29, 1.82) is 0 Å². The highest BCUT2D eigenvalue weighted by atomic mass is 32.2. The van der Waals surface area contributed by atoms with Gasteiger partial charge in [0.2, 0.25) is 0 Å². The van der Waals surface area contributed by atoms with Crippen molar-refractivity contribution < 1.29 is 5.11 Å². The van der Waals surface area contributed by atoms with Crippen molar-refractivity contribution in [3.05, 3.63) is 6.42 Å². The van der Waals surface area contributed by atoms with Crippen LogP contribution in [0.2, 0.25) is 0 Å².